The molecule has 1 aromatic heterocycles. The molecule has 1 aromatic carbocycles. The van der Waals surface area contributed by atoms with Gasteiger partial charge in [0.05, 0.1) is 10.9 Å². The molecule has 2 aromatic rings. The van der Waals surface area contributed by atoms with E-state index in [-0.39, 0.29) is 12.5 Å². The molecule has 0 aliphatic carbocycles. The Morgan fingerprint density at radius 1 is 1.29 bits per heavy atom. The lowest BCUT2D eigenvalue weighted by atomic mass is 10.0. The molecule has 0 saturated heterocycles. The van der Waals surface area contributed by atoms with E-state index in [0.29, 0.717) is 21.3 Å². The molecule has 0 aliphatic rings. The number of nitrogens with one attached hydrogen (secondary N) is 1. The second-order valence-electron chi connectivity index (χ2n) is 7.30. The van der Waals surface area contributed by atoms with Gasteiger partial charge in [0, 0.05) is 32.0 Å². The van der Waals surface area contributed by atoms with Crippen LogP contribution in [0, 0.1) is 0 Å². The van der Waals surface area contributed by atoms with Gasteiger partial charge in [0.15, 0.2) is 0 Å². The van der Waals surface area contributed by atoms with Crippen molar-refractivity contribution >= 4 is 62.5 Å². The summed E-state index contributed by atoms with van der Waals surface area (Å²) in [5.74, 6) is -0.259. The normalized spacial score (nSPS) is 12.5. The summed E-state index contributed by atoms with van der Waals surface area (Å²) in [4.78, 5) is 26.3. The summed E-state index contributed by atoms with van der Waals surface area (Å²) in [5.41, 5.74) is 0.160. The summed E-state index contributed by atoms with van der Waals surface area (Å²) in [5, 5.41) is 15.4. The first-order chi connectivity index (χ1) is 13.0. The number of nitrogens with zero attached hydrogens (tertiary/aromatic N) is 1. The Balaban J connectivity index is 2.28. The quantitative estimate of drug-likeness (QED) is 0.508. The third-order valence-corrected chi connectivity index (χ3v) is 6.33. The van der Waals surface area contributed by atoms with E-state index in [4.69, 9.17) is 23.2 Å². The fourth-order valence-corrected chi connectivity index (χ4v) is 4.48. The second-order valence-corrected chi connectivity index (χ2v) is 9.97. The maximum absolute atomic E-state index is 12.7. The Hall–Kier alpha value is -1.28. The topological polar surface area (TPSA) is 69.6 Å². The lowest BCUT2D eigenvalue weighted by Crippen LogP contribution is -2.53. The van der Waals surface area contributed by atoms with E-state index in [1.165, 1.54) is 16.2 Å². The van der Waals surface area contributed by atoms with Crippen LogP contribution in [-0.2, 0) is 6.42 Å². The van der Waals surface area contributed by atoms with Crippen LogP contribution in [0.15, 0.2) is 34.1 Å². The maximum atomic E-state index is 12.7. The highest BCUT2D eigenvalue weighted by Crippen LogP contribution is 2.24. The number of hydrogen-bond donors (Lipinski definition) is 2. The molecule has 0 bridgehead atoms. The van der Waals surface area contributed by atoms with Crippen LogP contribution in [0.25, 0.3) is 0 Å². The van der Waals surface area contributed by atoms with Gasteiger partial charge in [-0.25, -0.2) is 4.79 Å². The van der Waals surface area contributed by atoms with Crippen LogP contribution in [-0.4, -0.2) is 40.1 Å². The average molecular weight is 508 g/mol. The number of amides is 2. The van der Waals surface area contributed by atoms with Crippen LogP contribution < -0.4 is 5.32 Å². The van der Waals surface area contributed by atoms with Crippen molar-refractivity contribution in [3.63, 3.8) is 0 Å². The van der Waals surface area contributed by atoms with Gasteiger partial charge in [0.25, 0.3) is 5.91 Å². The van der Waals surface area contributed by atoms with Crippen molar-refractivity contribution in [3.8, 4) is 0 Å². The Bertz CT molecular complexity index is 867. The molecule has 2 amide bonds. The molecular formula is C19H21BrCl2N2O3S. The summed E-state index contributed by atoms with van der Waals surface area (Å²) in [6, 6.07) is 6.39. The van der Waals surface area contributed by atoms with Gasteiger partial charge in [-0.1, -0.05) is 29.3 Å². The Labute approximate surface area is 186 Å². The predicted octanol–water partition coefficient (Wildman–Crippen LogP) is 5.94. The van der Waals surface area contributed by atoms with Gasteiger partial charge in [0.1, 0.15) is 0 Å². The SMILES string of the molecule is CC(C)(C)N(C[C@H](Cc1ccc(Cl)cc1Cl)NC(=O)c1cc(Br)cs1)C(=O)O. The van der Waals surface area contributed by atoms with Crippen LogP contribution in [0.2, 0.25) is 10.0 Å². The van der Waals surface area contributed by atoms with E-state index in [2.05, 4.69) is 21.2 Å². The van der Waals surface area contributed by atoms with E-state index in [1.807, 2.05) is 26.2 Å². The second kappa shape index (κ2) is 9.48. The fourth-order valence-electron chi connectivity index (χ4n) is 2.66. The molecule has 152 valence electrons. The largest absolute Gasteiger partial charge is 0.465 e. The van der Waals surface area contributed by atoms with Gasteiger partial charge >= 0.3 is 6.09 Å². The number of hydrogen-bond acceptors (Lipinski definition) is 3. The van der Waals surface area contributed by atoms with Crippen LogP contribution >= 0.6 is 50.5 Å². The standard InChI is InChI=1S/C19H21BrCl2N2O3S/c1-19(2,3)24(18(26)27)9-14(6-11-4-5-13(21)8-15(11)22)23-17(25)16-7-12(20)10-28-16/h4-5,7-8,10,14H,6,9H2,1-3H3,(H,23,25)(H,26,27)/t14-/m0/s1. The number of carboxylic acid groups (broad SMARTS) is 1. The van der Waals surface area contributed by atoms with E-state index < -0.39 is 17.7 Å². The van der Waals surface area contributed by atoms with Gasteiger partial charge < -0.3 is 15.3 Å². The van der Waals surface area contributed by atoms with Gasteiger partial charge in [-0.15, -0.1) is 11.3 Å². The summed E-state index contributed by atoms with van der Waals surface area (Å²) < 4.78 is 0.821. The van der Waals surface area contributed by atoms with E-state index in [9.17, 15) is 14.7 Å². The first kappa shape index (κ1) is 23.0. The zero-order valence-corrected chi connectivity index (χ0v) is 19.5. The number of rotatable bonds is 6. The minimum absolute atomic E-state index is 0.121. The Kier molecular flexibility index (Phi) is 7.79. The molecule has 2 rings (SSSR count). The van der Waals surface area contributed by atoms with Crippen molar-refractivity contribution in [2.45, 2.75) is 38.8 Å². The highest BCUT2D eigenvalue weighted by atomic mass is 79.9. The monoisotopic (exact) mass is 506 g/mol. The highest BCUT2D eigenvalue weighted by Gasteiger charge is 2.30. The van der Waals surface area contributed by atoms with Crippen molar-refractivity contribution in [1.82, 2.24) is 10.2 Å². The molecule has 0 saturated carbocycles. The minimum Gasteiger partial charge on any atom is -0.465 e. The van der Waals surface area contributed by atoms with Crippen molar-refractivity contribution in [2.24, 2.45) is 0 Å². The van der Waals surface area contributed by atoms with Crippen LogP contribution in [0.3, 0.4) is 0 Å². The van der Waals surface area contributed by atoms with Crippen molar-refractivity contribution in [1.29, 1.82) is 0 Å². The summed E-state index contributed by atoms with van der Waals surface area (Å²) >= 11 is 16.9. The minimum atomic E-state index is -1.05. The number of halogens is 3. The molecule has 2 N–H and O–H groups in total. The summed E-state index contributed by atoms with van der Waals surface area (Å²) in [7, 11) is 0. The molecule has 1 heterocycles. The molecule has 0 radical (unpaired) electrons. The summed E-state index contributed by atoms with van der Waals surface area (Å²) in [6.45, 7) is 5.55. The fraction of sp³-hybridized carbons (Fsp3) is 0.368. The molecule has 28 heavy (non-hydrogen) atoms. The maximum Gasteiger partial charge on any atom is 0.407 e. The first-order valence-corrected chi connectivity index (χ1v) is 10.9. The van der Waals surface area contributed by atoms with Crippen LogP contribution in [0.1, 0.15) is 36.0 Å². The third-order valence-electron chi connectivity index (χ3n) is 4.05. The molecule has 0 spiro atoms. The van der Waals surface area contributed by atoms with Crippen molar-refractivity contribution in [3.05, 3.63) is 54.6 Å². The Morgan fingerprint density at radius 3 is 2.46 bits per heavy atom. The smallest absolute Gasteiger partial charge is 0.407 e. The number of thiophene rings is 1. The van der Waals surface area contributed by atoms with E-state index in [0.717, 1.165) is 10.0 Å². The molecule has 0 fully saturated rings. The predicted molar refractivity (Wildman–Crippen MR) is 118 cm³/mol. The molecule has 9 heteroatoms. The summed E-state index contributed by atoms with van der Waals surface area (Å²) in [6.07, 6.45) is -0.679. The van der Waals surface area contributed by atoms with Crippen molar-refractivity contribution < 1.29 is 14.7 Å². The van der Waals surface area contributed by atoms with E-state index in [1.54, 1.807) is 24.3 Å². The van der Waals surface area contributed by atoms with Crippen molar-refractivity contribution in [2.75, 3.05) is 6.54 Å². The first-order valence-electron chi connectivity index (χ1n) is 8.46. The van der Waals surface area contributed by atoms with Gasteiger partial charge in [-0.3, -0.25) is 4.79 Å². The molecule has 0 aliphatic heterocycles. The van der Waals surface area contributed by atoms with Gasteiger partial charge in [-0.2, -0.15) is 0 Å². The van der Waals surface area contributed by atoms with Crippen LogP contribution in [0.4, 0.5) is 4.79 Å². The van der Waals surface area contributed by atoms with Crippen LogP contribution in [0.5, 0.6) is 0 Å². The zero-order valence-electron chi connectivity index (χ0n) is 15.6. The molecule has 1 atom stereocenters. The highest BCUT2D eigenvalue weighted by molar-refractivity contribution is 9.10. The lowest BCUT2D eigenvalue weighted by molar-refractivity contribution is 0.0824. The third kappa shape index (κ3) is 6.37. The number of carbonyl (C=O) groups is 2. The lowest BCUT2D eigenvalue weighted by Gasteiger charge is -2.36. The molecule has 0 unspecified atom stereocenters. The Morgan fingerprint density at radius 2 is 1.96 bits per heavy atom. The van der Waals surface area contributed by atoms with Gasteiger partial charge in [-0.05, 0) is 66.9 Å². The molecule has 5 nitrogen and oxygen atoms in total. The number of benzene rings is 1. The average Bonchev–Trinajstić information content (AvgIpc) is 3.00. The molecular weight excluding hydrogens is 487 g/mol. The zero-order chi connectivity index (χ0) is 21.1. The number of carbonyl (C=O) groups excluding carboxylic acids is 1. The van der Waals surface area contributed by atoms with E-state index >= 15 is 0 Å². The van der Waals surface area contributed by atoms with Gasteiger partial charge in [0.2, 0.25) is 0 Å².